The molecule has 1 saturated heterocycles. The normalized spacial score (nSPS) is 31.5. The zero-order valence-corrected chi connectivity index (χ0v) is 6.97. The predicted octanol–water partition coefficient (Wildman–Crippen LogP) is 0.396. The van der Waals surface area contributed by atoms with Crippen molar-refractivity contribution < 1.29 is 9.90 Å². The van der Waals surface area contributed by atoms with E-state index in [1.54, 1.807) is 0 Å². The van der Waals surface area contributed by atoms with E-state index in [0.29, 0.717) is 0 Å². The molecule has 3 N–H and O–H groups in total. The molecule has 1 unspecified atom stereocenters. The van der Waals surface area contributed by atoms with Crippen molar-refractivity contribution in [1.29, 1.82) is 0 Å². The zero-order valence-electron chi connectivity index (χ0n) is 6.97. The Morgan fingerprint density at radius 3 is 2.92 bits per heavy atom. The monoisotopic (exact) mass is 170 g/mol. The van der Waals surface area contributed by atoms with Crippen LogP contribution in [0.2, 0.25) is 0 Å². The maximum absolute atomic E-state index is 10.5. The molecule has 2 rings (SSSR count). The lowest BCUT2D eigenvalue weighted by atomic mass is 9.90. The van der Waals surface area contributed by atoms with Crippen LogP contribution in [0.5, 0.6) is 0 Å². The molecule has 12 heavy (non-hydrogen) atoms. The van der Waals surface area contributed by atoms with E-state index in [4.69, 9.17) is 5.11 Å². The lowest BCUT2D eigenvalue weighted by molar-refractivity contribution is 0.174. The summed E-state index contributed by atoms with van der Waals surface area (Å²) in [7, 11) is 0. The highest BCUT2D eigenvalue weighted by atomic mass is 16.4. The summed E-state index contributed by atoms with van der Waals surface area (Å²) >= 11 is 0. The van der Waals surface area contributed by atoms with Crippen molar-refractivity contribution in [2.24, 2.45) is 5.41 Å². The summed E-state index contributed by atoms with van der Waals surface area (Å²) in [6.45, 7) is 1.92. The Kier molecular flexibility index (Phi) is 1.72. The fraction of sp³-hybridized carbons (Fsp3) is 0.875. The zero-order chi connectivity index (χ0) is 8.60. The molecule has 1 saturated carbocycles. The van der Waals surface area contributed by atoms with Crippen molar-refractivity contribution in [3.05, 3.63) is 0 Å². The fourth-order valence-corrected chi connectivity index (χ4v) is 2.07. The van der Waals surface area contributed by atoms with Crippen LogP contribution in [-0.2, 0) is 0 Å². The molecule has 0 bridgehead atoms. The Labute approximate surface area is 71.3 Å². The predicted molar refractivity (Wildman–Crippen MR) is 44.1 cm³/mol. The van der Waals surface area contributed by atoms with Gasteiger partial charge in [0.1, 0.15) is 0 Å². The van der Waals surface area contributed by atoms with Crippen molar-refractivity contribution in [3.8, 4) is 0 Å². The van der Waals surface area contributed by atoms with Crippen LogP contribution in [0, 0.1) is 5.41 Å². The molecule has 2 fully saturated rings. The van der Waals surface area contributed by atoms with Crippen molar-refractivity contribution in [2.75, 3.05) is 13.1 Å². The van der Waals surface area contributed by atoms with Gasteiger partial charge >= 0.3 is 6.09 Å². The number of rotatable bonds is 1. The van der Waals surface area contributed by atoms with Crippen LogP contribution in [0.3, 0.4) is 0 Å². The lowest BCUT2D eigenvalue weighted by Gasteiger charge is -2.32. The second-order valence-electron chi connectivity index (χ2n) is 3.83. The highest BCUT2D eigenvalue weighted by Gasteiger charge is 2.50. The van der Waals surface area contributed by atoms with E-state index in [2.05, 4.69) is 10.6 Å². The van der Waals surface area contributed by atoms with Crippen LogP contribution in [-0.4, -0.2) is 30.3 Å². The first-order valence-corrected chi connectivity index (χ1v) is 4.43. The average molecular weight is 170 g/mol. The minimum atomic E-state index is -0.881. The highest BCUT2D eigenvalue weighted by molar-refractivity contribution is 5.65. The van der Waals surface area contributed by atoms with E-state index in [1.807, 2.05) is 0 Å². The molecule has 68 valence electrons. The summed E-state index contributed by atoms with van der Waals surface area (Å²) < 4.78 is 0. The number of hydrogen-bond acceptors (Lipinski definition) is 2. The molecule has 0 aromatic carbocycles. The molecule has 1 heterocycles. The third-order valence-electron chi connectivity index (χ3n) is 3.02. The first kappa shape index (κ1) is 7.86. The van der Waals surface area contributed by atoms with Gasteiger partial charge in [0.25, 0.3) is 0 Å². The Balaban J connectivity index is 1.97. The number of nitrogens with one attached hydrogen (secondary N) is 2. The van der Waals surface area contributed by atoms with Crippen molar-refractivity contribution in [1.82, 2.24) is 10.6 Å². The number of carboxylic acid groups (broad SMARTS) is 1. The summed E-state index contributed by atoms with van der Waals surface area (Å²) in [5, 5.41) is 14.5. The first-order chi connectivity index (χ1) is 5.73. The minimum Gasteiger partial charge on any atom is -0.465 e. The Morgan fingerprint density at radius 2 is 2.33 bits per heavy atom. The van der Waals surface area contributed by atoms with Crippen LogP contribution in [0.25, 0.3) is 0 Å². The summed E-state index contributed by atoms with van der Waals surface area (Å²) in [6.07, 6.45) is 2.40. The lowest BCUT2D eigenvalue weighted by Crippen LogP contribution is -2.50. The SMILES string of the molecule is O=C(O)NC1CCNCC12CC2. The summed E-state index contributed by atoms with van der Waals surface area (Å²) in [5.74, 6) is 0. The standard InChI is InChI=1S/C8H14N2O2/c11-7(12)10-6-1-4-9-5-8(6)2-3-8/h6,9-10H,1-5H2,(H,11,12). The molecule has 1 amide bonds. The van der Waals surface area contributed by atoms with Gasteiger partial charge in [0.2, 0.25) is 0 Å². The molecule has 0 radical (unpaired) electrons. The van der Waals surface area contributed by atoms with Crippen molar-refractivity contribution >= 4 is 6.09 Å². The van der Waals surface area contributed by atoms with Gasteiger partial charge in [0.05, 0.1) is 0 Å². The van der Waals surface area contributed by atoms with Gasteiger partial charge in [0, 0.05) is 18.0 Å². The number of hydrogen-bond donors (Lipinski definition) is 3. The number of amides is 1. The Bertz CT molecular complexity index is 201. The van der Waals surface area contributed by atoms with Gasteiger partial charge in [-0.25, -0.2) is 4.79 Å². The molecule has 1 spiro atoms. The van der Waals surface area contributed by atoms with Gasteiger partial charge < -0.3 is 15.7 Å². The van der Waals surface area contributed by atoms with Gasteiger partial charge in [-0.2, -0.15) is 0 Å². The quantitative estimate of drug-likeness (QED) is 0.533. The van der Waals surface area contributed by atoms with Crippen molar-refractivity contribution in [3.63, 3.8) is 0 Å². The minimum absolute atomic E-state index is 0.191. The third-order valence-corrected chi connectivity index (χ3v) is 3.02. The van der Waals surface area contributed by atoms with E-state index in [0.717, 1.165) is 19.5 Å². The van der Waals surface area contributed by atoms with Gasteiger partial charge in [-0.15, -0.1) is 0 Å². The largest absolute Gasteiger partial charge is 0.465 e. The number of carbonyl (C=O) groups is 1. The smallest absolute Gasteiger partial charge is 0.404 e. The molecule has 0 aromatic heterocycles. The molecule has 1 aliphatic carbocycles. The van der Waals surface area contributed by atoms with Gasteiger partial charge in [0.15, 0.2) is 0 Å². The Morgan fingerprint density at radius 1 is 1.58 bits per heavy atom. The van der Waals surface area contributed by atoms with Crippen LogP contribution in [0.15, 0.2) is 0 Å². The molecular formula is C8H14N2O2. The molecule has 2 aliphatic rings. The number of piperidine rings is 1. The highest BCUT2D eigenvalue weighted by Crippen LogP contribution is 2.50. The second kappa shape index (κ2) is 2.62. The topological polar surface area (TPSA) is 61.4 Å². The molecule has 1 aliphatic heterocycles. The van der Waals surface area contributed by atoms with E-state index >= 15 is 0 Å². The molecule has 4 heteroatoms. The summed E-state index contributed by atoms with van der Waals surface area (Å²) in [6, 6.07) is 0.191. The Hall–Kier alpha value is -0.770. The maximum atomic E-state index is 10.5. The summed E-state index contributed by atoms with van der Waals surface area (Å²) in [5.41, 5.74) is 0.274. The summed E-state index contributed by atoms with van der Waals surface area (Å²) in [4.78, 5) is 10.5. The fourth-order valence-electron chi connectivity index (χ4n) is 2.07. The van der Waals surface area contributed by atoms with E-state index in [-0.39, 0.29) is 11.5 Å². The second-order valence-corrected chi connectivity index (χ2v) is 3.83. The maximum Gasteiger partial charge on any atom is 0.404 e. The van der Waals surface area contributed by atoms with Crippen LogP contribution >= 0.6 is 0 Å². The van der Waals surface area contributed by atoms with Crippen LogP contribution in [0.1, 0.15) is 19.3 Å². The molecular weight excluding hydrogens is 156 g/mol. The van der Waals surface area contributed by atoms with Gasteiger partial charge in [-0.3, -0.25) is 0 Å². The first-order valence-electron chi connectivity index (χ1n) is 4.43. The third kappa shape index (κ3) is 1.27. The van der Waals surface area contributed by atoms with Gasteiger partial charge in [-0.05, 0) is 25.8 Å². The van der Waals surface area contributed by atoms with Gasteiger partial charge in [-0.1, -0.05) is 0 Å². The average Bonchev–Trinajstić information content (AvgIpc) is 2.75. The van der Waals surface area contributed by atoms with E-state index in [9.17, 15) is 4.79 Å². The molecule has 4 nitrogen and oxygen atoms in total. The van der Waals surface area contributed by atoms with E-state index < -0.39 is 6.09 Å². The molecule has 0 aromatic rings. The van der Waals surface area contributed by atoms with E-state index in [1.165, 1.54) is 12.8 Å². The van der Waals surface area contributed by atoms with Crippen molar-refractivity contribution in [2.45, 2.75) is 25.3 Å². The van der Waals surface area contributed by atoms with Crippen LogP contribution in [0.4, 0.5) is 4.79 Å². The molecule has 1 atom stereocenters. The van der Waals surface area contributed by atoms with Crippen LogP contribution < -0.4 is 10.6 Å².